The summed E-state index contributed by atoms with van der Waals surface area (Å²) in [6, 6.07) is 0. The Morgan fingerprint density at radius 1 is 0.783 bits per heavy atom. The molecule has 0 radical (unpaired) electrons. The molecular formula is C19H40O4. The topological polar surface area (TPSA) is 47.9 Å². The van der Waals surface area contributed by atoms with Gasteiger partial charge in [-0.15, -0.1) is 0 Å². The van der Waals surface area contributed by atoms with Crippen LogP contribution in [-0.4, -0.2) is 48.8 Å². The van der Waals surface area contributed by atoms with E-state index in [1.54, 1.807) is 0 Å². The van der Waals surface area contributed by atoms with Crippen LogP contribution in [-0.2, 0) is 14.2 Å². The summed E-state index contributed by atoms with van der Waals surface area (Å²) in [5.74, 6) is 1.71. The van der Waals surface area contributed by atoms with E-state index in [9.17, 15) is 0 Å². The molecule has 0 spiro atoms. The average Bonchev–Trinajstić information content (AvgIpc) is 2.48. The molecule has 0 saturated heterocycles. The maximum atomic E-state index is 8.94. The second-order valence-electron chi connectivity index (χ2n) is 7.89. The summed E-state index contributed by atoms with van der Waals surface area (Å²) in [5.41, 5.74) is -0.183. The minimum atomic E-state index is -0.183. The maximum absolute atomic E-state index is 8.94. The fourth-order valence-electron chi connectivity index (χ4n) is 2.57. The lowest BCUT2D eigenvalue weighted by atomic mass is 9.77. The normalized spacial score (nSPS) is 19.4. The molecule has 0 aromatic rings. The Hall–Kier alpha value is -0.160. The molecular weight excluding hydrogens is 292 g/mol. The second-order valence-corrected chi connectivity index (χ2v) is 7.89. The van der Waals surface area contributed by atoms with Gasteiger partial charge in [-0.05, 0) is 52.4 Å². The highest BCUT2D eigenvalue weighted by Gasteiger charge is 2.33. The van der Waals surface area contributed by atoms with Crippen LogP contribution in [0.5, 0.6) is 0 Å². The molecule has 140 valence electrons. The summed E-state index contributed by atoms with van der Waals surface area (Å²) in [4.78, 5) is 0. The molecule has 23 heavy (non-hydrogen) atoms. The molecule has 5 atom stereocenters. The van der Waals surface area contributed by atoms with E-state index in [0.29, 0.717) is 31.0 Å². The van der Waals surface area contributed by atoms with Crippen LogP contribution < -0.4 is 0 Å². The van der Waals surface area contributed by atoms with Crippen molar-refractivity contribution < 1.29 is 19.3 Å². The smallest absolute Gasteiger partial charge is 0.0788 e. The minimum absolute atomic E-state index is 0.00910. The van der Waals surface area contributed by atoms with Crippen molar-refractivity contribution >= 4 is 0 Å². The zero-order valence-electron chi connectivity index (χ0n) is 16.8. The first kappa shape index (κ1) is 22.8. The molecule has 0 aromatic heterocycles. The molecule has 0 aliphatic rings. The van der Waals surface area contributed by atoms with Crippen LogP contribution >= 0.6 is 0 Å². The van der Waals surface area contributed by atoms with Crippen molar-refractivity contribution in [1.29, 1.82) is 0 Å². The van der Waals surface area contributed by atoms with Crippen molar-refractivity contribution in [2.75, 3.05) is 19.8 Å². The molecule has 0 aromatic carbocycles. The Balaban J connectivity index is 4.24. The van der Waals surface area contributed by atoms with Gasteiger partial charge in [0.1, 0.15) is 0 Å². The third-order valence-electron chi connectivity index (χ3n) is 4.93. The lowest BCUT2D eigenvalue weighted by Crippen LogP contribution is -2.41. The molecule has 4 nitrogen and oxygen atoms in total. The van der Waals surface area contributed by atoms with Crippen molar-refractivity contribution in [3.63, 3.8) is 0 Å². The fourth-order valence-corrected chi connectivity index (χ4v) is 2.57. The van der Waals surface area contributed by atoms with Gasteiger partial charge in [0.05, 0.1) is 43.7 Å². The van der Waals surface area contributed by atoms with Crippen LogP contribution in [0.2, 0.25) is 0 Å². The SMILES string of the molecule is CC(CO)OCC(C)OCC(C)OC(C)(C)C(C)C(C)C(C)C. The van der Waals surface area contributed by atoms with E-state index in [1.807, 2.05) is 13.8 Å². The summed E-state index contributed by atoms with van der Waals surface area (Å²) in [6.07, 6.45) is -0.123. The highest BCUT2D eigenvalue weighted by Crippen LogP contribution is 2.32. The Kier molecular flexibility index (Phi) is 10.6. The zero-order chi connectivity index (χ0) is 18.2. The Morgan fingerprint density at radius 2 is 1.26 bits per heavy atom. The van der Waals surface area contributed by atoms with Crippen LogP contribution in [0, 0.1) is 17.8 Å². The second kappa shape index (κ2) is 10.7. The number of rotatable bonds is 12. The molecule has 0 aliphatic heterocycles. The Morgan fingerprint density at radius 3 is 1.74 bits per heavy atom. The Labute approximate surface area is 143 Å². The van der Waals surface area contributed by atoms with Gasteiger partial charge in [0, 0.05) is 0 Å². The van der Waals surface area contributed by atoms with Crippen LogP contribution in [0.15, 0.2) is 0 Å². The molecule has 1 N–H and O–H groups in total. The summed E-state index contributed by atoms with van der Waals surface area (Å²) in [6.45, 7) is 20.4. The first-order chi connectivity index (χ1) is 10.5. The molecule has 5 unspecified atom stereocenters. The van der Waals surface area contributed by atoms with Crippen molar-refractivity contribution in [2.24, 2.45) is 17.8 Å². The molecule has 0 amide bonds. The quantitative estimate of drug-likeness (QED) is 0.589. The zero-order valence-corrected chi connectivity index (χ0v) is 16.8. The standard InChI is InChI=1S/C19H40O4/c1-13(2)17(6)18(7)19(8,9)23-16(5)12-22-15(4)11-21-14(3)10-20/h13-18,20H,10-12H2,1-9H3. The third kappa shape index (κ3) is 9.04. The van der Waals surface area contributed by atoms with Crippen LogP contribution in [0.25, 0.3) is 0 Å². The first-order valence-corrected chi connectivity index (χ1v) is 9.03. The largest absolute Gasteiger partial charge is 0.394 e. The van der Waals surface area contributed by atoms with Gasteiger partial charge in [0.25, 0.3) is 0 Å². The predicted octanol–water partition coefficient (Wildman–Crippen LogP) is 3.90. The molecule has 0 aliphatic carbocycles. The van der Waals surface area contributed by atoms with Crippen LogP contribution in [0.4, 0.5) is 0 Å². The van der Waals surface area contributed by atoms with Gasteiger partial charge in [0.2, 0.25) is 0 Å². The van der Waals surface area contributed by atoms with Gasteiger partial charge in [-0.2, -0.15) is 0 Å². The molecule has 0 heterocycles. The maximum Gasteiger partial charge on any atom is 0.0788 e. The molecule has 0 bridgehead atoms. The molecule has 0 saturated carbocycles. The van der Waals surface area contributed by atoms with Crippen LogP contribution in [0.3, 0.4) is 0 Å². The number of ether oxygens (including phenoxy) is 3. The highest BCUT2D eigenvalue weighted by atomic mass is 16.6. The molecule has 0 rings (SSSR count). The van der Waals surface area contributed by atoms with E-state index in [1.165, 1.54) is 0 Å². The molecule has 4 heteroatoms. The average molecular weight is 333 g/mol. The minimum Gasteiger partial charge on any atom is -0.394 e. The predicted molar refractivity (Wildman–Crippen MR) is 95.7 cm³/mol. The summed E-state index contributed by atoms with van der Waals surface area (Å²) >= 11 is 0. The van der Waals surface area contributed by atoms with Crippen molar-refractivity contribution in [1.82, 2.24) is 0 Å². The van der Waals surface area contributed by atoms with Gasteiger partial charge < -0.3 is 19.3 Å². The van der Waals surface area contributed by atoms with Crippen molar-refractivity contribution in [3.05, 3.63) is 0 Å². The van der Waals surface area contributed by atoms with E-state index in [0.717, 1.165) is 0 Å². The summed E-state index contributed by atoms with van der Waals surface area (Å²) in [5, 5.41) is 8.94. The van der Waals surface area contributed by atoms with Gasteiger partial charge in [-0.25, -0.2) is 0 Å². The van der Waals surface area contributed by atoms with Gasteiger partial charge in [-0.1, -0.05) is 27.7 Å². The lowest BCUT2D eigenvalue weighted by Gasteiger charge is -2.39. The number of aliphatic hydroxyl groups excluding tert-OH is 1. The molecule has 0 fully saturated rings. The monoisotopic (exact) mass is 332 g/mol. The number of aliphatic hydroxyl groups is 1. The van der Waals surface area contributed by atoms with E-state index in [-0.39, 0.29) is 30.5 Å². The fraction of sp³-hybridized carbons (Fsp3) is 1.00. The first-order valence-electron chi connectivity index (χ1n) is 9.03. The highest BCUT2D eigenvalue weighted by molar-refractivity contribution is 4.82. The van der Waals surface area contributed by atoms with E-state index < -0.39 is 0 Å². The van der Waals surface area contributed by atoms with E-state index in [2.05, 4.69) is 48.5 Å². The summed E-state index contributed by atoms with van der Waals surface area (Å²) < 4.78 is 17.5. The van der Waals surface area contributed by atoms with Gasteiger partial charge >= 0.3 is 0 Å². The Bertz CT molecular complexity index is 304. The summed E-state index contributed by atoms with van der Waals surface area (Å²) in [7, 11) is 0. The number of hydrogen-bond donors (Lipinski definition) is 1. The van der Waals surface area contributed by atoms with E-state index in [4.69, 9.17) is 19.3 Å². The van der Waals surface area contributed by atoms with E-state index >= 15 is 0 Å². The van der Waals surface area contributed by atoms with Crippen LogP contribution in [0.1, 0.15) is 62.3 Å². The lowest BCUT2D eigenvalue weighted by molar-refractivity contribution is -0.142. The van der Waals surface area contributed by atoms with Crippen molar-refractivity contribution in [3.8, 4) is 0 Å². The number of hydrogen-bond acceptors (Lipinski definition) is 4. The van der Waals surface area contributed by atoms with Crippen molar-refractivity contribution in [2.45, 2.75) is 86.2 Å². The van der Waals surface area contributed by atoms with Gasteiger partial charge in [0.15, 0.2) is 0 Å². The van der Waals surface area contributed by atoms with Gasteiger partial charge in [-0.3, -0.25) is 0 Å². The third-order valence-corrected chi connectivity index (χ3v) is 4.93.